The van der Waals surface area contributed by atoms with Crippen LogP contribution in [0.2, 0.25) is 0 Å². The second-order valence-electron chi connectivity index (χ2n) is 3.12. The van der Waals surface area contributed by atoms with Gasteiger partial charge in [-0.15, -0.1) is 0 Å². The SMILES string of the molecule is [C-]#[N+]c1cccc(/C=C/SC2=NCCS2)c1. The third-order valence-corrected chi connectivity index (χ3v) is 3.99. The summed E-state index contributed by atoms with van der Waals surface area (Å²) in [5.41, 5.74) is 1.74. The van der Waals surface area contributed by atoms with E-state index in [-0.39, 0.29) is 0 Å². The van der Waals surface area contributed by atoms with Crippen LogP contribution in [0.15, 0.2) is 34.7 Å². The van der Waals surface area contributed by atoms with Gasteiger partial charge in [0, 0.05) is 5.75 Å². The van der Waals surface area contributed by atoms with Crippen molar-refractivity contribution in [3.8, 4) is 0 Å². The fourth-order valence-corrected chi connectivity index (χ4v) is 2.99. The number of benzene rings is 1. The Bertz CT molecular complexity index is 472. The Morgan fingerprint density at radius 2 is 2.44 bits per heavy atom. The van der Waals surface area contributed by atoms with Gasteiger partial charge in [0.15, 0.2) is 5.69 Å². The molecule has 4 heteroatoms. The maximum atomic E-state index is 6.93. The van der Waals surface area contributed by atoms with Crippen LogP contribution in [0.25, 0.3) is 10.9 Å². The van der Waals surface area contributed by atoms with Crippen LogP contribution in [0.3, 0.4) is 0 Å². The molecule has 2 nitrogen and oxygen atoms in total. The van der Waals surface area contributed by atoms with Crippen molar-refractivity contribution < 1.29 is 0 Å². The van der Waals surface area contributed by atoms with Gasteiger partial charge in [0.1, 0.15) is 4.38 Å². The minimum absolute atomic E-state index is 0.680. The fourth-order valence-electron chi connectivity index (χ4n) is 1.26. The smallest absolute Gasteiger partial charge is 0.187 e. The molecular weight excluding hydrogens is 236 g/mol. The van der Waals surface area contributed by atoms with Crippen LogP contribution in [0, 0.1) is 6.57 Å². The largest absolute Gasteiger partial charge is 0.271 e. The number of hydrogen-bond donors (Lipinski definition) is 0. The third-order valence-electron chi connectivity index (χ3n) is 1.99. The fraction of sp³-hybridized carbons (Fsp3) is 0.167. The van der Waals surface area contributed by atoms with Gasteiger partial charge in [0.2, 0.25) is 0 Å². The van der Waals surface area contributed by atoms with Gasteiger partial charge in [-0.05, 0) is 23.1 Å². The van der Waals surface area contributed by atoms with Gasteiger partial charge in [-0.1, -0.05) is 41.7 Å². The van der Waals surface area contributed by atoms with E-state index in [4.69, 9.17) is 6.57 Å². The second-order valence-corrected chi connectivity index (χ2v) is 5.36. The Balaban J connectivity index is 1.97. The Hall–Kier alpha value is -1.18. The summed E-state index contributed by atoms with van der Waals surface area (Å²) in [6.07, 6.45) is 2.01. The van der Waals surface area contributed by atoms with E-state index < -0.39 is 0 Å². The molecule has 2 rings (SSSR count). The summed E-state index contributed by atoms with van der Waals surface area (Å²) in [6.45, 7) is 7.87. The number of hydrogen-bond acceptors (Lipinski definition) is 3. The first-order valence-corrected chi connectivity index (χ1v) is 6.73. The van der Waals surface area contributed by atoms with Crippen molar-refractivity contribution in [1.82, 2.24) is 0 Å². The van der Waals surface area contributed by atoms with E-state index in [1.807, 2.05) is 35.7 Å². The lowest BCUT2D eigenvalue weighted by atomic mass is 10.2. The predicted octanol–water partition coefficient (Wildman–Crippen LogP) is 4.04. The maximum Gasteiger partial charge on any atom is 0.187 e. The average molecular weight is 246 g/mol. The molecule has 1 heterocycles. The third kappa shape index (κ3) is 3.16. The molecule has 0 atom stereocenters. The maximum absolute atomic E-state index is 6.93. The normalized spacial score (nSPS) is 15.1. The number of nitrogens with zero attached hydrogens (tertiary/aromatic N) is 2. The summed E-state index contributed by atoms with van der Waals surface area (Å²) in [7, 11) is 0. The molecule has 0 saturated carbocycles. The van der Waals surface area contributed by atoms with E-state index in [2.05, 4.69) is 9.84 Å². The van der Waals surface area contributed by atoms with E-state index in [9.17, 15) is 0 Å². The van der Waals surface area contributed by atoms with Crippen molar-refractivity contribution in [1.29, 1.82) is 0 Å². The van der Waals surface area contributed by atoms with Crippen molar-refractivity contribution in [2.24, 2.45) is 4.99 Å². The van der Waals surface area contributed by atoms with Gasteiger partial charge in [-0.2, -0.15) is 0 Å². The van der Waals surface area contributed by atoms with Crippen LogP contribution in [0.4, 0.5) is 5.69 Å². The van der Waals surface area contributed by atoms with Crippen LogP contribution in [0.5, 0.6) is 0 Å². The summed E-state index contributed by atoms with van der Waals surface area (Å²) >= 11 is 3.45. The lowest BCUT2D eigenvalue weighted by molar-refractivity contribution is 1.18. The lowest BCUT2D eigenvalue weighted by Gasteiger charge is -1.94. The predicted molar refractivity (Wildman–Crippen MR) is 74.1 cm³/mol. The molecule has 1 aliphatic heterocycles. The van der Waals surface area contributed by atoms with Gasteiger partial charge in [0.25, 0.3) is 0 Å². The summed E-state index contributed by atoms with van der Waals surface area (Å²) < 4.78 is 1.14. The van der Waals surface area contributed by atoms with E-state index in [0.717, 1.165) is 22.2 Å². The monoisotopic (exact) mass is 246 g/mol. The molecule has 80 valence electrons. The standard InChI is InChI=1S/C12H10N2S2/c1-13-11-4-2-3-10(9-11)5-7-15-12-14-6-8-16-12/h2-5,7,9H,6,8H2/b7-5+. The molecular formula is C12H10N2S2. The van der Waals surface area contributed by atoms with Crippen LogP contribution < -0.4 is 0 Å². The second kappa shape index (κ2) is 5.78. The highest BCUT2D eigenvalue weighted by molar-refractivity contribution is 8.40. The van der Waals surface area contributed by atoms with E-state index in [0.29, 0.717) is 5.69 Å². The minimum Gasteiger partial charge on any atom is -0.271 e. The molecule has 0 spiro atoms. The zero-order valence-electron chi connectivity index (χ0n) is 8.59. The molecule has 0 saturated heterocycles. The molecule has 0 bridgehead atoms. The first-order chi connectivity index (χ1) is 7.88. The minimum atomic E-state index is 0.680. The first kappa shape index (κ1) is 11.3. The zero-order valence-corrected chi connectivity index (χ0v) is 10.2. The summed E-state index contributed by atoms with van der Waals surface area (Å²) in [5.74, 6) is 1.10. The van der Waals surface area contributed by atoms with Gasteiger partial charge in [-0.25, -0.2) is 4.85 Å². The van der Waals surface area contributed by atoms with Crippen molar-refractivity contribution in [3.63, 3.8) is 0 Å². The molecule has 1 aliphatic rings. The molecule has 0 aliphatic carbocycles. The Morgan fingerprint density at radius 1 is 1.50 bits per heavy atom. The van der Waals surface area contributed by atoms with Gasteiger partial charge in [-0.3, -0.25) is 4.99 Å². The highest BCUT2D eigenvalue weighted by Gasteiger charge is 2.04. The van der Waals surface area contributed by atoms with E-state index in [1.54, 1.807) is 23.5 Å². The van der Waals surface area contributed by atoms with Gasteiger partial charge in [0.05, 0.1) is 13.1 Å². The van der Waals surface area contributed by atoms with Gasteiger partial charge < -0.3 is 0 Å². The Labute approximate surface area is 104 Å². The highest BCUT2D eigenvalue weighted by atomic mass is 32.2. The van der Waals surface area contributed by atoms with Crippen LogP contribution in [-0.2, 0) is 0 Å². The van der Waals surface area contributed by atoms with Crippen LogP contribution in [0.1, 0.15) is 5.56 Å². The number of aliphatic imine (C=N–C) groups is 1. The zero-order chi connectivity index (χ0) is 11.2. The molecule has 0 fully saturated rings. The lowest BCUT2D eigenvalue weighted by Crippen LogP contribution is -1.74. The topological polar surface area (TPSA) is 16.7 Å². The van der Waals surface area contributed by atoms with Gasteiger partial charge >= 0.3 is 0 Å². The average Bonchev–Trinajstić information content (AvgIpc) is 2.82. The number of rotatable bonds is 2. The Kier molecular flexibility index (Phi) is 4.09. The molecule has 16 heavy (non-hydrogen) atoms. The quantitative estimate of drug-likeness (QED) is 0.732. The molecule has 0 N–H and O–H groups in total. The molecule has 1 aromatic rings. The van der Waals surface area contributed by atoms with Crippen molar-refractivity contribution in [2.45, 2.75) is 0 Å². The molecule has 1 aromatic carbocycles. The first-order valence-electron chi connectivity index (χ1n) is 4.86. The molecule has 0 aromatic heterocycles. The van der Waals surface area contributed by atoms with Crippen LogP contribution in [-0.4, -0.2) is 16.7 Å². The highest BCUT2D eigenvalue weighted by Crippen LogP contribution is 2.24. The van der Waals surface area contributed by atoms with Crippen LogP contribution >= 0.6 is 23.5 Å². The summed E-state index contributed by atoms with van der Waals surface area (Å²) in [5, 5.41) is 2.03. The summed E-state index contributed by atoms with van der Waals surface area (Å²) in [4.78, 5) is 7.74. The Morgan fingerprint density at radius 3 is 3.19 bits per heavy atom. The molecule has 0 unspecified atom stereocenters. The molecule has 0 radical (unpaired) electrons. The van der Waals surface area contributed by atoms with Crippen molar-refractivity contribution in [3.05, 3.63) is 46.7 Å². The van der Waals surface area contributed by atoms with Crippen molar-refractivity contribution >= 4 is 39.7 Å². The van der Waals surface area contributed by atoms with Crippen molar-refractivity contribution in [2.75, 3.05) is 12.3 Å². The van der Waals surface area contributed by atoms with E-state index >= 15 is 0 Å². The summed E-state index contributed by atoms with van der Waals surface area (Å²) in [6, 6.07) is 7.59. The molecule has 0 amide bonds. The van der Waals surface area contributed by atoms with E-state index in [1.165, 1.54) is 0 Å². The number of thioether (sulfide) groups is 2.